The molecule has 0 atom stereocenters. The molecule has 3 nitrogen and oxygen atoms in total. The molecule has 0 saturated heterocycles. The Kier molecular flexibility index (Phi) is 5.45. The predicted molar refractivity (Wildman–Crippen MR) is 86.4 cm³/mol. The summed E-state index contributed by atoms with van der Waals surface area (Å²) in [5.41, 5.74) is 0.889. The Hall–Kier alpha value is -1.30. The van der Waals surface area contributed by atoms with Gasteiger partial charge in [-0.15, -0.1) is 0 Å². The highest BCUT2D eigenvalue weighted by Gasteiger charge is 2.17. The van der Waals surface area contributed by atoms with E-state index >= 15 is 0 Å². The number of carbonyl (C=O) groups is 2. The van der Waals surface area contributed by atoms with E-state index in [2.05, 4.69) is 15.9 Å². The van der Waals surface area contributed by atoms with Gasteiger partial charge in [0, 0.05) is 19.8 Å². The lowest BCUT2D eigenvalue weighted by Gasteiger charge is -2.11. The van der Waals surface area contributed by atoms with Gasteiger partial charge in [0.1, 0.15) is 0 Å². The summed E-state index contributed by atoms with van der Waals surface area (Å²) < 4.78 is 5.56. The van der Waals surface area contributed by atoms with Crippen molar-refractivity contribution in [2.45, 2.75) is 9.79 Å². The lowest BCUT2D eigenvalue weighted by molar-refractivity contribution is 0.0596. The summed E-state index contributed by atoms with van der Waals surface area (Å²) in [5.74, 6) is -0.468. The number of hydrogen-bond donors (Lipinski definition) is 0. The van der Waals surface area contributed by atoms with Crippen molar-refractivity contribution in [2.75, 3.05) is 7.11 Å². The Morgan fingerprint density at radius 3 is 2.76 bits per heavy atom. The summed E-state index contributed by atoms with van der Waals surface area (Å²) in [6.45, 7) is 0. The summed E-state index contributed by atoms with van der Waals surface area (Å²) in [6, 6.07) is 10.3. The quantitative estimate of drug-likeness (QED) is 0.557. The first-order valence-corrected chi connectivity index (χ1v) is 7.85. The number of esters is 1. The first-order chi connectivity index (χ1) is 10.1. The van der Waals surface area contributed by atoms with Crippen LogP contribution >= 0.6 is 39.3 Å². The van der Waals surface area contributed by atoms with Crippen molar-refractivity contribution in [2.24, 2.45) is 0 Å². The van der Waals surface area contributed by atoms with Gasteiger partial charge in [0.15, 0.2) is 6.29 Å². The lowest BCUT2D eigenvalue weighted by Crippen LogP contribution is -2.03. The standard InChI is InChI=1S/C15H10BrClO3S/c1-20-15(19)11-3-2-4-12(17)14(11)21-13-6-5-10(16)7-9(13)8-18/h2-8H,1H3. The molecule has 0 aliphatic carbocycles. The number of aldehydes is 1. The number of ether oxygens (including phenoxy) is 1. The topological polar surface area (TPSA) is 43.4 Å². The minimum absolute atomic E-state index is 0.370. The van der Waals surface area contributed by atoms with E-state index in [9.17, 15) is 9.59 Å². The highest BCUT2D eigenvalue weighted by molar-refractivity contribution is 9.10. The molecular formula is C15H10BrClO3S. The van der Waals surface area contributed by atoms with E-state index in [4.69, 9.17) is 16.3 Å². The van der Waals surface area contributed by atoms with Gasteiger partial charge in [-0.3, -0.25) is 4.79 Å². The largest absolute Gasteiger partial charge is 0.465 e. The van der Waals surface area contributed by atoms with Crippen LogP contribution in [-0.4, -0.2) is 19.4 Å². The Labute approximate surface area is 139 Å². The van der Waals surface area contributed by atoms with Gasteiger partial charge < -0.3 is 4.74 Å². The van der Waals surface area contributed by atoms with Crippen LogP contribution in [0.5, 0.6) is 0 Å². The predicted octanol–water partition coefficient (Wildman–Crippen LogP) is 4.85. The van der Waals surface area contributed by atoms with Crippen molar-refractivity contribution in [1.29, 1.82) is 0 Å². The van der Waals surface area contributed by atoms with Crippen molar-refractivity contribution >= 4 is 51.5 Å². The zero-order valence-corrected chi connectivity index (χ0v) is 14.1. The van der Waals surface area contributed by atoms with Gasteiger partial charge in [0.05, 0.1) is 17.7 Å². The molecule has 0 aliphatic heterocycles. The van der Waals surface area contributed by atoms with Crippen molar-refractivity contribution in [3.8, 4) is 0 Å². The van der Waals surface area contributed by atoms with Gasteiger partial charge in [-0.1, -0.05) is 45.4 Å². The average Bonchev–Trinajstić information content (AvgIpc) is 2.49. The molecule has 0 aromatic heterocycles. The molecule has 0 N–H and O–H groups in total. The van der Waals surface area contributed by atoms with Crippen molar-refractivity contribution < 1.29 is 14.3 Å². The SMILES string of the molecule is COC(=O)c1cccc(Cl)c1Sc1ccc(Br)cc1C=O. The molecule has 108 valence electrons. The maximum Gasteiger partial charge on any atom is 0.339 e. The maximum atomic E-state index is 11.8. The van der Waals surface area contributed by atoms with E-state index in [0.717, 1.165) is 10.8 Å². The number of carbonyl (C=O) groups excluding carboxylic acids is 2. The van der Waals surface area contributed by atoms with Crippen LogP contribution in [0.3, 0.4) is 0 Å². The normalized spacial score (nSPS) is 10.2. The number of benzene rings is 2. The molecule has 6 heteroatoms. The van der Waals surface area contributed by atoms with Crippen molar-refractivity contribution in [1.82, 2.24) is 0 Å². The van der Waals surface area contributed by atoms with Gasteiger partial charge in [0.25, 0.3) is 0 Å². The van der Waals surface area contributed by atoms with Crippen LogP contribution in [0.25, 0.3) is 0 Å². The molecule has 2 aromatic carbocycles. The smallest absolute Gasteiger partial charge is 0.339 e. The van der Waals surface area contributed by atoms with Crippen molar-refractivity contribution in [3.05, 3.63) is 57.0 Å². The molecule has 0 saturated carbocycles. The average molecular weight is 386 g/mol. The van der Waals surface area contributed by atoms with Crippen LogP contribution in [0.1, 0.15) is 20.7 Å². The molecule has 0 spiro atoms. The van der Waals surface area contributed by atoms with E-state index in [1.165, 1.54) is 18.9 Å². The van der Waals surface area contributed by atoms with Gasteiger partial charge in [0.2, 0.25) is 0 Å². The fraction of sp³-hybridized carbons (Fsp3) is 0.0667. The third-order valence-corrected chi connectivity index (χ3v) is 4.84. The van der Waals surface area contributed by atoms with E-state index in [-0.39, 0.29) is 0 Å². The minimum Gasteiger partial charge on any atom is -0.465 e. The zero-order chi connectivity index (χ0) is 15.4. The first kappa shape index (κ1) is 16.1. The molecule has 0 heterocycles. The molecule has 0 unspecified atom stereocenters. The molecule has 2 aromatic rings. The molecule has 2 rings (SSSR count). The molecule has 21 heavy (non-hydrogen) atoms. The highest BCUT2D eigenvalue weighted by Crippen LogP contribution is 2.38. The van der Waals surface area contributed by atoms with Crippen LogP contribution in [0.4, 0.5) is 0 Å². The van der Waals surface area contributed by atoms with Gasteiger partial charge >= 0.3 is 5.97 Å². The summed E-state index contributed by atoms with van der Waals surface area (Å²) >= 11 is 10.8. The highest BCUT2D eigenvalue weighted by atomic mass is 79.9. The van der Waals surface area contributed by atoms with E-state index in [1.54, 1.807) is 30.3 Å². The fourth-order valence-electron chi connectivity index (χ4n) is 1.70. The Morgan fingerprint density at radius 2 is 2.10 bits per heavy atom. The Balaban J connectivity index is 2.49. The molecule has 0 radical (unpaired) electrons. The first-order valence-electron chi connectivity index (χ1n) is 5.86. The molecule has 0 amide bonds. The van der Waals surface area contributed by atoms with E-state index in [0.29, 0.717) is 25.9 Å². The third-order valence-electron chi connectivity index (χ3n) is 2.68. The van der Waals surface area contributed by atoms with Crippen LogP contribution in [0.2, 0.25) is 5.02 Å². The minimum atomic E-state index is -0.468. The van der Waals surface area contributed by atoms with Crippen LogP contribution in [0, 0.1) is 0 Å². The third kappa shape index (κ3) is 3.67. The summed E-state index contributed by atoms with van der Waals surface area (Å²) in [6.07, 6.45) is 0.766. The van der Waals surface area contributed by atoms with Gasteiger partial charge in [-0.25, -0.2) is 4.79 Å². The second-order valence-electron chi connectivity index (χ2n) is 4.01. The fourth-order valence-corrected chi connectivity index (χ4v) is 3.37. The second kappa shape index (κ2) is 7.11. The summed E-state index contributed by atoms with van der Waals surface area (Å²) in [5, 5.41) is 0.433. The Bertz CT molecular complexity index is 703. The van der Waals surface area contributed by atoms with Crippen LogP contribution in [-0.2, 0) is 4.74 Å². The second-order valence-corrected chi connectivity index (χ2v) is 6.39. The van der Waals surface area contributed by atoms with Crippen LogP contribution in [0.15, 0.2) is 50.7 Å². The maximum absolute atomic E-state index is 11.8. The number of rotatable bonds is 4. The van der Waals surface area contributed by atoms with Crippen LogP contribution < -0.4 is 0 Å². The molecular weight excluding hydrogens is 376 g/mol. The number of halogens is 2. The molecule has 0 aliphatic rings. The van der Waals surface area contributed by atoms with E-state index < -0.39 is 5.97 Å². The van der Waals surface area contributed by atoms with Gasteiger partial charge in [-0.2, -0.15) is 0 Å². The monoisotopic (exact) mass is 384 g/mol. The van der Waals surface area contributed by atoms with E-state index in [1.807, 2.05) is 6.07 Å². The summed E-state index contributed by atoms with van der Waals surface area (Å²) in [4.78, 5) is 24.3. The van der Waals surface area contributed by atoms with Crippen molar-refractivity contribution in [3.63, 3.8) is 0 Å². The lowest BCUT2D eigenvalue weighted by atomic mass is 10.2. The Morgan fingerprint density at radius 1 is 1.33 bits per heavy atom. The van der Waals surface area contributed by atoms with Gasteiger partial charge in [-0.05, 0) is 30.3 Å². The molecule has 0 bridgehead atoms. The molecule has 0 fully saturated rings. The zero-order valence-electron chi connectivity index (χ0n) is 10.9. The number of methoxy groups -OCH3 is 1. The summed E-state index contributed by atoms with van der Waals surface area (Å²) in [7, 11) is 1.31. The number of hydrogen-bond acceptors (Lipinski definition) is 4.